The number of nitriles is 1. The molecule has 0 unspecified atom stereocenters. The number of H-pyrrole nitrogens is 1. The van der Waals surface area contributed by atoms with Gasteiger partial charge in [-0.25, -0.2) is 0 Å². The van der Waals surface area contributed by atoms with Crippen molar-refractivity contribution >= 4 is 35.0 Å². The second kappa shape index (κ2) is 8.13. The molecule has 2 fully saturated rings. The van der Waals surface area contributed by atoms with Crippen molar-refractivity contribution in [3.8, 4) is 6.07 Å². The molecular weight excluding hydrogens is 442 g/mol. The van der Waals surface area contributed by atoms with Crippen molar-refractivity contribution in [2.75, 3.05) is 22.1 Å². The maximum atomic E-state index is 13.5. The Morgan fingerprint density at radius 2 is 2.11 bits per heavy atom. The van der Waals surface area contributed by atoms with E-state index in [1.807, 2.05) is 40.6 Å². The van der Waals surface area contributed by atoms with Crippen LogP contribution in [0.25, 0.3) is 5.65 Å². The van der Waals surface area contributed by atoms with Crippen LogP contribution < -0.4 is 15.5 Å². The van der Waals surface area contributed by atoms with Gasteiger partial charge in [0.15, 0.2) is 5.82 Å². The molecule has 0 bridgehead atoms. The van der Waals surface area contributed by atoms with Crippen molar-refractivity contribution in [1.82, 2.24) is 24.6 Å². The van der Waals surface area contributed by atoms with E-state index in [4.69, 9.17) is 9.97 Å². The number of nitrogens with one attached hydrogen (secondary N) is 3. The van der Waals surface area contributed by atoms with Crippen LogP contribution in [-0.2, 0) is 4.79 Å². The molecule has 10 heteroatoms. The highest BCUT2D eigenvalue weighted by molar-refractivity contribution is 6.00. The van der Waals surface area contributed by atoms with E-state index in [0.717, 1.165) is 17.8 Å². The van der Waals surface area contributed by atoms with E-state index < -0.39 is 5.54 Å². The predicted octanol–water partition coefficient (Wildman–Crippen LogP) is 3.94. The van der Waals surface area contributed by atoms with Crippen LogP contribution in [0.5, 0.6) is 0 Å². The van der Waals surface area contributed by atoms with Crippen molar-refractivity contribution in [3.05, 3.63) is 59.9 Å². The fourth-order valence-corrected chi connectivity index (χ4v) is 4.70. The first-order valence-corrected chi connectivity index (χ1v) is 11.8. The molecule has 1 saturated carbocycles. The van der Waals surface area contributed by atoms with E-state index in [0.29, 0.717) is 47.8 Å². The Kier molecular flexibility index (Phi) is 4.91. The molecule has 1 aliphatic carbocycles. The summed E-state index contributed by atoms with van der Waals surface area (Å²) in [5.41, 5.74) is 2.12. The molecule has 1 amide bonds. The fourth-order valence-electron chi connectivity index (χ4n) is 4.70. The molecule has 4 heterocycles. The summed E-state index contributed by atoms with van der Waals surface area (Å²) < 4.78 is 1.87. The number of carbonyl (C=O) groups excluding carboxylic acids is 1. The number of amides is 1. The first-order valence-electron chi connectivity index (χ1n) is 11.8. The van der Waals surface area contributed by atoms with Gasteiger partial charge in [0.1, 0.15) is 11.2 Å². The smallest absolute Gasteiger partial charge is 0.250 e. The number of benzene rings is 1. The summed E-state index contributed by atoms with van der Waals surface area (Å²) in [6.45, 7) is 2.57. The van der Waals surface area contributed by atoms with Gasteiger partial charge < -0.3 is 15.5 Å². The van der Waals surface area contributed by atoms with Crippen LogP contribution in [0, 0.1) is 11.3 Å². The Bertz CT molecular complexity index is 1460. The van der Waals surface area contributed by atoms with E-state index in [1.54, 1.807) is 24.3 Å². The van der Waals surface area contributed by atoms with E-state index in [2.05, 4.69) is 26.9 Å². The molecule has 1 atom stereocenters. The average molecular weight is 468 g/mol. The minimum absolute atomic E-state index is 0.153. The van der Waals surface area contributed by atoms with Crippen molar-refractivity contribution < 1.29 is 4.79 Å². The number of anilines is 4. The minimum Gasteiger partial charge on any atom is -0.326 e. The summed E-state index contributed by atoms with van der Waals surface area (Å²) in [6.07, 6.45) is 5.78. The Morgan fingerprint density at radius 3 is 2.94 bits per heavy atom. The summed E-state index contributed by atoms with van der Waals surface area (Å²) >= 11 is 0. The SMILES string of the molecule is C[C@@]1(C(=O)Nc2cccc(C#N)c2)CCCN1c1nc(Nc2cc(C3CC3)[nH]n2)n2cccc2n1. The number of hydrogen-bond acceptors (Lipinski definition) is 7. The second-order valence-electron chi connectivity index (χ2n) is 9.37. The first kappa shape index (κ1) is 21.2. The topological polar surface area (TPSA) is 127 Å². The van der Waals surface area contributed by atoms with Gasteiger partial charge in [0.05, 0.1) is 11.6 Å². The van der Waals surface area contributed by atoms with Gasteiger partial charge in [-0.15, -0.1) is 0 Å². The molecule has 1 saturated heterocycles. The van der Waals surface area contributed by atoms with E-state index in [1.165, 1.54) is 12.8 Å². The summed E-state index contributed by atoms with van der Waals surface area (Å²) in [5.74, 6) is 2.19. The molecule has 0 spiro atoms. The number of aromatic nitrogens is 5. The van der Waals surface area contributed by atoms with Crippen LogP contribution in [0.1, 0.15) is 49.8 Å². The van der Waals surface area contributed by atoms with Gasteiger partial charge in [-0.2, -0.15) is 20.3 Å². The largest absolute Gasteiger partial charge is 0.326 e. The number of rotatable bonds is 6. The third-order valence-electron chi connectivity index (χ3n) is 6.85. The molecule has 4 aromatic rings. The van der Waals surface area contributed by atoms with Gasteiger partial charge in [0.25, 0.3) is 0 Å². The average Bonchev–Trinajstić information content (AvgIpc) is 3.23. The summed E-state index contributed by atoms with van der Waals surface area (Å²) in [4.78, 5) is 25.0. The van der Waals surface area contributed by atoms with Crippen molar-refractivity contribution in [2.24, 2.45) is 0 Å². The highest BCUT2D eigenvalue weighted by atomic mass is 16.2. The van der Waals surface area contributed by atoms with Gasteiger partial charge in [-0.05, 0) is 62.9 Å². The van der Waals surface area contributed by atoms with Crippen LogP contribution in [0.2, 0.25) is 0 Å². The standard InChI is InChI=1S/C25H25N9O/c1-25(22(35)27-18-6-2-5-16(13-18)15-26)10-4-12-34(25)24-29-21-7-3-11-33(21)23(30-24)28-20-14-19(31-32-20)17-8-9-17/h2-3,5-7,11,13-14,17H,4,8-10,12H2,1H3,(H,27,35)(H2,28,29,30,31,32)/t25-/m0/s1. The number of carbonyl (C=O) groups is 1. The number of nitrogens with zero attached hydrogens (tertiary/aromatic N) is 6. The Labute approximate surface area is 202 Å². The lowest BCUT2D eigenvalue weighted by atomic mass is 9.97. The zero-order valence-electron chi connectivity index (χ0n) is 19.3. The van der Waals surface area contributed by atoms with Crippen molar-refractivity contribution in [1.29, 1.82) is 5.26 Å². The first-order chi connectivity index (χ1) is 17.0. The highest BCUT2D eigenvalue weighted by Gasteiger charge is 2.45. The summed E-state index contributed by atoms with van der Waals surface area (Å²) in [5, 5.41) is 23.0. The molecule has 1 aromatic carbocycles. The second-order valence-corrected chi connectivity index (χ2v) is 9.37. The molecule has 176 valence electrons. The van der Waals surface area contributed by atoms with Crippen LogP contribution in [0.4, 0.5) is 23.4 Å². The fraction of sp³-hybridized carbons (Fsp3) is 0.320. The molecule has 10 nitrogen and oxygen atoms in total. The van der Waals surface area contributed by atoms with Crippen molar-refractivity contribution in [2.45, 2.75) is 44.1 Å². The van der Waals surface area contributed by atoms with Crippen LogP contribution in [-0.4, -0.2) is 42.6 Å². The van der Waals surface area contributed by atoms with E-state index >= 15 is 0 Å². The number of aromatic amines is 1. The van der Waals surface area contributed by atoms with E-state index in [-0.39, 0.29) is 5.91 Å². The third kappa shape index (κ3) is 3.85. The highest BCUT2D eigenvalue weighted by Crippen LogP contribution is 2.40. The summed E-state index contributed by atoms with van der Waals surface area (Å²) in [7, 11) is 0. The Morgan fingerprint density at radius 1 is 1.23 bits per heavy atom. The van der Waals surface area contributed by atoms with Crippen LogP contribution in [0.3, 0.4) is 0 Å². The van der Waals surface area contributed by atoms with Gasteiger partial charge in [-0.3, -0.25) is 14.3 Å². The predicted molar refractivity (Wildman–Crippen MR) is 132 cm³/mol. The maximum Gasteiger partial charge on any atom is 0.250 e. The van der Waals surface area contributed by atoms with Gasteiger partial charge >= 0.3 is 0 Å². The molecule has 1 aliphatic heterocycles. The number of hydrogen-bond donors (Lipinski definition) is 3. The lowest BCUT2D eigenvalue weighted by Gasteiger charge is -2.34. The van der Waals surface area contributed by atoms with Crippen molar-refractivity contribution in [3.63, 3.8) is 0 Å². The normalized spacial score (nSPS) is 19.6. The van der Waals surface area contributed by atoms with Crippen LogP contribution >= 0.6 is 0 Å². The van der Waals surface area contributed by atoms with E-state index in [9.17, 15) is 10.1 Å². The molecule has 35 heavy (non-hydrogen) atoms. The van der Waals surface area contributed by atoms with Gasteiger partial charge in [-0.1, -0.05) is 6.07 Å². The van der Waals surface area contributed by atoms with Gasteiger partial charge in [0.2, 0.25) is 17.8 Å². The number of fused-ring (bicyclic) bond motifs is 1. The Balaban J connectivity index is 1.31. The Hall–Kier alpha value is -4.39. The monoisotopic (exact) mass is 467 g/mol. The molecule has 6 rings (SSSR count). The molecular formula is C25H25N9O. The quantitative estimate of drug-likeness (QED) is 0.392. The van der Waals surface area contributed by atoms with Gasteiger partial charge in [0, 0.05) is 36.1 Å². The zero-order valence-corrected chi connectivity index (χ0v) is 19.3. The summed E-state index contributed by atoms with van der Waals surface area (Å²) in [6, 6.07) is 14.9. The molecule has 3 aromatic heterocycles. The third-order valence-corrected chi connectivity index (χ3v) is 6.85. The lowest BCUT2D eigenvalue weighted by Crippen LogP contribution is -2.51. The lowest BCUT2D eigenvalue weighted by molar-refractivity contribution is -0.120. The minimum atomic E-state index is -0.837. The zero-order chi connectivity index (χ0) is 24.0. The molecule has 2 aliphatic rings. The molecule has 3 N–H and O–H groups in total. The maximum absolute atomic E-state index is 13.5. The van der Waals surface area contributed by atoms with Crippen LogP contribution in [0.15, 0.2) is 48.7 Å². The molecule has 0 radical (unpaired) electrons.